The lowest BCUT2D eigenvalue weighted by molar-refractivity contribution is 0.0148. The fraction of sp³-hybridized carbons (Fsp3) is 1.00. The maximum atomic E-state index is 9.20. The Kier molecular flexibility index (Phi) is 3.81. The van der Waals surface area contributed by atoms with Crippen molar-refractivity contribution in [1.82, 2.24) is 0 Å². The predicted octanol–water partition coefficient (Wildman–Crippen LogP) is -1.39. The molecule has 4 nitrogen and oxygen atoms in total. The third kappa shape index (κ3) is 2.62. The number of aliphatic hydroxyl groups is 2. The van der Waals surface area contributed by atoms with E-state index in [0.29, 0.717) is 0 Å². The molecule has 0 aliphatic carbocycles. The molecule has 0 saturated carbocycles. The lowest BCUT2D eigenvalue weighted by Crippen LogP contribution is -2.44. The van der Waals surface area contributed by atoms with Gasteiger partial charge in [0.1, 0.15) is 6.23 Å². The van der Waals surface area contributed by atoms with Gasteiger partial charge in [0.15, 0.2) is 0 Å². The molecule has 0 aromatic rings. The first-order chi connectivity index (χ1) is 4.46. The van der Waals surface area contributed by atoms with E-state index in [2.05, 4.69) is 0 Å². The molecule has 0 amide bonds. The summed E-state index contributed by atoms with van der Waals surface area (Å²) in [5, 5.41) is 18.0. The van der Waals surface area contributed by atoms with Crippen molar-refractivity contribution < 1.29 is 10.2 Å². The number of hydrogen-bond acceptors (Lipinski definition) is 4. The highest BCUT2D eigenvalue weighted by Gasteiger charge is 2.22. The molecule has 0 spiro atoms. The highest BCUT2D eigenvalue weighted by atomic mass is 16.3. The van der Waals surface area contributed by atoms with Crippen LogP contribution in [0.5, 0.6) is 0 Å². The summed E-state index contributed by atoms with van der Waals surface area (Å²) in [6.07, 6.45) is -1.74. The van der Waals surface area contributed by atoms with Crippen LogP contribution in [0.4, 0.5) is 0 Å². The van der Waals surface area contributed by atoms with E-state index in [0.717, 1.165) is 0 Å². The van der Waals surface area contributed by atoms with Crippen molar-refractivity contribution in [2.45, 2.75) is 32.2 Å². The average molecular weight is 148 g/mol. The zero-order valence-corrected chi connectivity index (χ0v) is 6.36. The van der Waals surface area contributed by atoms with E-state index in [-0.39, 0.29) is 12.0 Å². The van der Waals surface area contributed by atoms with E-state index < -0.39 is 12.3 Å². The van der Waals surface area contributed by atoms with Crippen LogP contribution in [0.3, 0.4) is 0 Å². The summed E-state index contributed by atoms with van der Waals surface area (Å²) in [5.74, 6) is -0.375. The van der Waals surface area contributed by atoms with Crippen LogP contribution in [-0.4, -0.2) is 28.6 Å². The lowest BCUT2D eigenvalue weighted by atomic mass is 9.98. The molecule has 10 heavy (non-hydrogen) atoms. The fourth-order valence-corrected chi connectivity index (χ4v) is 0.681. The minimum Gasteiger partial charge on any atom is -0.391 e. The Hall–Kier alpha value is -0.160. The first-order valence-corrected chi connectivity index (χ1v) is 3.34. The van der Waals surface area contributed by atoms with Crippen molar-refractivity contribution in [3.63, 3.8) is 0 Å². The van der Waals surface area contributed by atoms with Crippen LogP contribution >= 0.6 is 0 Å². The Balaban J connectivity index is 3.81. The van der Waals surface area contributed by atoms with E-state index >= 15 is 0 Å². The normalized spacial score (nSPS) is 23.4. The van der Waals surface area contributed by atoms with Gasteiger partial charge in [-0.1, -0.05) is 6.92 Å². The van der Waals surface area contributed by atoms with E-state index in [1.165, 1.54) is 0 Å². The SMILES string of the molecule is CC(N)C(O)C(C)C(N)O. The topological polar surface area (TPSA) is 92.5 Å². The van der Waals surface area contributed by atoms with Crippen molar-refractivity contribution in [1.29, 1.82) is 0 Å². The minimum absolute atomic E-state index is 0.354. The largest absolute Gasteiger partial charge is 0.391 e. The third-order valence-electron chi connectivity index (χ3n) is 1.62. The predicted molar refractivity (Wildman–Crippen MR) is 39.0 cm³/mol. The van der Waals surface area contributed by atoms with Gasteiger partial charge in [-0.2, -0.15) is 0 Å². The van der Waals surface area contributed by atoms with Crippen molar-refractivity contribution >= 4 is 0 Å². The highest BCUT2D eigenvalue weighted by Crippen LogP contribution is 2.07. The molecule has 0 fully saturated rings. The second kappa shape index (κ2) is 3.88. The summed E-state index contributed by atoms with van der Waals surface area (Å²) in [6.45, 7) is 3.32. The van der Waals surface area contributed by atoms with Crippen molar-refractivity contribution in [3.8, 4) is 0 Å². The molecule has 0 aromatic carbocycles. The Morgan fingerprint density at radius 3 is 1.60 bits per heavy atom. The summed E-state index contributed by atoms with van der Waals surface area (Å²) in [4.78, 5) is 0. The van der Waals surface area contributed by atoms with Gasteiger partial charge in [-0.25, -0.2) is 0 Å². The summed E-state index contributed by atoms with van der Waals surface area (Å²) in [7, 11) is 0. The van der Waals surface area contributed by atoms with Crippen LogP contribution in [0.15, 0.2) is 0 Å². The van der Waals surface area contributed by atoms with E-state index in [4.69, 9.17) is 16.6 Å². The van der Waals surface area contributed by atoms with Crippen molar-refractivity contribution in [2.75, 3.05) is 0 Å². The number of aliphatic hydroxyl groups excluding tert-OH is 2. The van der Waals surface area contributed by atoms with Crippen molar-refractivity contribution in [3.05, 3.63) is 0 Å². The van der Waals surface area contributed by atoms with Gasteiger partial charge in [0.25, 0.3) is 0 Å². The highest BCUT2D eigenvalue weighted by molar-refractivity contribution is 4.75. The van der Waals surface area contributed by atoms with Crippen LogP contribution in [0, 0.1) is 5.92 Å². The van der Waals surface area contributed by atoms with Crippen LogP contribution in [-0.2, 0) is 0 Å². The maximum Gasteiger partial charge on any atom is 0.107 e. The Morgan fingerprint density at radius 1 is 1.10 bits per heavy atom. The Labute approximate surface area is 60.8 Å². The zero-order chi connectivity index (χ0) is 8.31. The molecule has 6 N–H and O–H groups in total. The molecule has 0 rings (SSSR count). The second-order valence-corrected chi connectivity index (χ2v) is 2.70. The monoisotopic (exact) mass is 148 g/mol. The second-order valence-electron chi connectivity index (χ2n) is 2.70. The van der Waals surface area contributed by atoms with E-state index in [9.17, 15) is 5.11 Å². The Bertz CT molecular complexity index is 83.7. The van der Waals surface area contributed by atoms with E-state index in [1.54, 1.807) is 13.8 Å². The van der Waals surface area contributed by atoms with Gasteiger partial charge < -0.3 is 21.7 Å². The number of nitrogens with two attached hydrogens (primary N) is 2. The zero-order valence-electron chi connectivity index (χ0n) is 6.36. The van der Waals surface area contributed by atoms with Gasteiger partial charge in [-0.05, 0) is 6.92 Å². The van der Waals surface area contributed by atoms with Gasteiger partial charge >= 0.3 is 0 Å². The van der Waals surface area contributed by atoms with Crippen molar-refractivity contribution in [2.24, 2.45) is 17.4 Å². The molecule has 0 radical (unpaired) electrons. The maximum absolute atomic E-state index is 9.20. The molecule has 62 valence electrons. The first kappa shape index (κ1) is 9.84. The van der Waals surface area contributed by atoms with Gasteiger partial charge in [-0.3, -0.25) is 0 Å². The van der Waals surface area contributed by atoms with Gasteiger partial charge in [0, 0.05) is 12.0 Å². The standard InChI is InChI=1S/C6H16N2O2/c1-3(6(8)10)5(9)4(2)7/h3-6,9-10H,7-8H2,1-2H3. The fourth-order valence-electron chi connectivity index (χ4n) is 0.681. The van der Waals surface area contributed by atoms with Crippen LogP contribution < -0.4 is 11.5 Å². The Morgan fingerprint density at radius 2 is 1.50 bits per heavy atom. The van der Waals surface area contributed by atoms with Crippen LogP contribution in [0.25, 0.3) is 0 Å². The first-order valence-electron chi connectivity index (χ1n) is 3.34. The molecule has 0 aliphatic heterocycles. The molecular formula is C6H16N2O2. The van der Waals surface area contributed by atoms with Gasteiger partial charge in [0.05, 0.1) is 6.10 Å². The molecule has 0 aromatic heterocycles. The minimum atomic E-state index is -0.999. The average Bonchev–Trinajstić information content (AvgIpc) is 1.84. The smallest absolute Gasteiger partial charge is 0.107 e. The summed E-state index contributed by atoms with van der Waals surface area (Å²) >= 11 is 0. The molecule has 0 heterocycles. The molecule has 4 atom stereocenters. The molecular weight excluding hydrogens is 132 g/mol. The molecule has 0 aliphatic rings. The number of rotatable bonds is 3. The molecule has 0 bridgehead atoms. The van der Waals surface area contributed by atoms with Gasteiger partial charge in [0.2, 0.25) is 0 Å². The quantitative estimate of drug-likeness (QED) is 0.371. The summed E-state index contributed by atoms with van der Waals surface area (Å²) in [6, 6.07) is -0.354. The van der Waals surface area contributed by atoms with E-state index in [1.807, 2.05) is 0 Å². The van der Waals surface area contributed by atoms with Gasteiger partial charge in [-0.15, -0.1) is 0 Å². The van der Waals surface area contributed by atoms with Crippen LogP contribution in [0.1, 0.15) is 13.8 Å². The molecule has 0 saturated heterocycles. The lowest BCUT2D eigenvalue weighted by Gasteiger charge is -2.23. The molecule has 4 heteroatoms. The third-order valence-corrected chi connectivity index (χ3v) is 1.62. The molecule has 4 unspecified atom stereocenters. The van der Waals surface area contributed by atoms with Crippen LogP contribution in [0.2, 0.25) is 0 Å². The summed E-state index contributed by atoms with van der Waals surface area (Å²) < 4.78 is 0. The number of hydrogen-bond donors (Lipinski definition) is 4. The summed E-state index contributed by atoms with van der Waals surface area (Å²) in [5.41, 5.74) is 10.5.